The number of anilines is 8. The molecule has 72 heavy (non-hydrogen) atoms. The highest BCUT2D eigenvalue weighted by molar-refractivity contribution is 7.99. The van der Waals surface area contributed by atoms with E-state index in [0.717, 1.165) is 116 Å². The molecule has 2 aliphatic heterocycles. The molecule has 11 rings (SSSR count). The van der Waals surface area contributed by atoms with E-state index in [1.54, 1.807) is 6.20 Å². The van der Waals surface area contributed by atoms with Crippen molar-refractivity contribution in [1.82, 2.24) is 50.5 Å². The number of aromatic amines is 2. The van der Waals surface area contributed by atoms with Gasteiger partial charge < -0.3 is 36.4 Å². The molecule has 0 bridgehead atoms. The first-order valence-corrected chi connectivity index (χ1v) is 26.3. The lowest BCUT2D eigenvalue weighted by atomic mass is 10.0. The third kappa shape index (κ3) is 12.4. The van der Waals surface area contributed by atoms with Gasteiger partial charge in [-0.1, -0.05) is 30.3 Å². The lowest BCUT2D eigenvalue weighted by Gasteiger charge is -2.38. The van der Waals surface area contributed by atoms with Crippen molar-refractivity contribution in [1.29, 1.82) is 0 Å². The summed E-state index contributed by atoms with van der Waals surface area (Å²) in [5.74, 6) is 4.95. The highest BCUT2D eigenvalue weighted by Crippen LogP contribution is 2.44. The van der Waals surface area contributed by atoms with E-state index in [1.807, 2.05) is 79.7 Å². The number of piperazine rings is 2. The zero-order chi connectivity index (χ0) is 49.0. The van der Waals surface area contributed by atoms with Gasteiger partial charge in [0, 0.05) is 121 Å². The van der Waals surface area contributed by atoms with Crippen molar-refractivity contribution in [3.8, 4) is 0 Å². The predicted octanol–water partition coefficient (Wildman–Crippen LogP) is 8.31. The number of nitrogens with zero attached hydrogens (tertiary/aromatic N) is 9. The number of carbonyl (C=O) groups excluding carboxylic acids is 2. The third-order valence-electron chi connectivity index (χ3n) is 13.3. The molecule has 6 heterocycles. The van der Waals surface area contributed by atoms with Gasteiger partial charge in [0.2, 0.25) is 11.8 Å². The smallest absolute Gasteiger partial charge is 0.227 e. The van der Waals surface area contributed by atoms with Crippen molar-refractivity contribution < 1.29 is 9.59 Å². The minimum atomic E-state index is -0.0484. The summed E-state index contributed by atoms with van der Waals surface area (Å²) < 4.78 is 0. The van der Waals surface area contributed by atoms with Gasteiger partial charge in [0.1, 0.15) is 29.1 Å². The van der Waals surface area contributed by atoms with Crippen LogP contribution in [0.25, 0.3) is 0 Å². The number of hydrogen-bond acceptors (Lipinski definition) is 16. The van der Waals surface area contributed by atoms with Crippen LogP contribution in [0.3, 0.4) is 0 Å². The zero-order valence-corrected chi connectivity index (χ0v) is 41.8. The third-order valence-corrected chi connectivity index (χ3v) is 15.0. The van der Waals surface area contributed by atoms with Crippen molar-refractivity contribution in [2.75, 3.05) is 70.3 Å². The lowest BCUT2D eigenvalue weighted by molar-refractivity contribution is -0.118. The molecular formula is C52H58N16O2S2. The molecule has 0 radical (unpaired) electrons. The van der Waals surface area contributed by atoms with Crippen LogP contribution in [0, 0.1) is 24.7 Å². The monoisotopic (exact) mass is 1000 g/mol. The highest BCUT2D eigenvalue weighted by atomic mass is 32.2. The second-order valence-corrected chi connectivity index (χ2v) is 21.3. The van der Waals surface area contributed by atoms with E-state index >= 15 is 0 Å². The quantitative estimate of drug-likeness (QED) is 0.0403. The van der Waals surface area contributed by atoms with Crippen LogP contribution in [0.1, 0.15) is 43.9 Å². The fraction of sp³-hybridized carbons (Fsp3) is 0.346. The molecule has 2 aliphatic carbocycles. The normalized spacial score (nSPS) is 20.0. The number of rotatable bonds is 18. The fourth-order valence-electron chi connectivity index (χ4n) is 9.37. The summed E-state index contributed by atoms with van der Waals surface area (Å²) in [6.07, 6.45) is 5.35. The Kier molecular flexibility index (Phi) is 14.1. The Morgan fingerprint density at radius 2 is 1.35 bits per heavy atom. The van der Waals surface area contributed by atoms with Gasteiger partial charge >= 0.3 is 0 Å². The molecular weight excluding hydrogens is 945 g/mol. The molecule has 3 aromatic carbocycles. The summed E-state index contributed by atoms with van der Waals surface area (Å²) >= 11 is 2.96. The van der Waals surface area contributed by atoms with Gasteiger partial charge in [0.05, 0.1) is 6.20 Å². The van der Waals surface area contributed by atoms with E-state index in [1.165, 1.54) is 29.1 Å². The van der Waals surface area contributed by atoms with Gasteiger partial charge in [-0.3, -0.25) is 24.7 Å². The van der Waals surface area contributed by atoms with E-state index < -0.39 is 0 Å². The van der Waals surface area contributed by atoms with Crippen LogP contribution in [0.15, 0.2) is 129 Å². The first-order chi connectivity index (χ1) is 35.2. The van der Waals surface area contributed by atoms with Crippen LogP contribution in [-0.2, 0) is 16.1 Å². The minimum absolute atomic E-state index is 0.0484. The standard InChI is InChI=1S/C52H58N16O2S2/c1-32-24-46(65-63-32)58-45-27-47(67-22-20-66(21-23-67)30-34-6-4-3-5-7-34)61-51(60-45)71-41-16-12-38(13-17-41)56-50(70)42-26-36(42)25-39-31-68(29-33(2)54-39)48-28-44(57-43-18-19-53-64-43)59-52(62-48)72-40-14-10-37(11-15-40)55-49(69)35-8-9-35/h3-7,10-19,24,27-28,33,35-36,39,42,54H,8-9,20-23,25-26,29-31H2,1-2H3,(H,55,69)(H,56,70)(H2,53,57,59,62,64)(H2,58,60,61,63,65)/t33-,36?,39+,42?/m1/s1. The SMILES string of the molecule is Cc1cc(Nc2cc(N3CCN(Cc4ccccc4)CC3)nc(Sc3ccc(NC(=O)C4CC4C[C@H]4CN(c5cc(Nc6ccn[nH]6)nc(Sc6ccc(NC(=O)C7CC7)cc6)n5)C[C@@H](C)N4)cc3)n2)n[nH]1. The van der Waals surface area contributed by atoms with Gasteiger partial charge in [-0.15, -0.1) is 0 Å². The summed E-state index contributed by atoms with van der Waals surface area (Å²) in [5, 5.41) is 32.4. The molecule has 4 atom stereocenters. The Labute approximate surface area is 426 Å². The maximum atomic E-state index is 13.7. The highest BCUT2D eigenvalue weighted by Gasteiger charge is 2.45. The molecule has 2 amide bonds. The second kappa shape index (κ2) is 21.4. The molecule has 2 saturated heterocycles. The Balaban J connectivity index is 0.701. The van der Waals surface area contributed by atoms with Gasteiger partial charge in [0.15, 0.2) is 16.1 Å². The number of nitrogens with one attached hydrogen (secondary N) is 7. The summed E-state index contributed by atoms with van der Waals surface area (Å²) in [5.41, 5.74) is 3.82. The fourth-order valence-corrected chi connectivity index (χ4v) is 10.9. The summed E-state index contributed by atoms with van der Waals surface area (Å²) in [7, 11) is 0. The molecule has 2 unspecified atom stereocenters. The van der Waals surface area contributed by atoms with Crippen LogP contribution in [0.5, 0.6) is 0 Å². The van der Waals surface area contributed by atoms with Crippen molar-refractivity contribution in [3.05, 3.63) is 121 Å². The van der Waals surface area contributed by atoms with E-state index in [2.05, 4.69) is 98.9 Å². The van der Waals surface area contributed by atoms with E-state index in [9.17, 15) is 9.59 Å². The number of H-pyrrole nitrogens is 2. The maximum absolute atomic E-state index is 13.7. The second-order valence-electron chi connectivity index (χ2n) is 19.2. The Hall–Kier alpha value is -7.00. The van der Waals surface area contributed by atoms with Gasteiger partial charge in [-0.25, -0.2) is 19.9 Å². The molecule has 0 spiro atoms. The summed E-state index contributed by atoms with van der Waals surface area (Å²) in [4.78, 5) is 54.8. The summed E-state index contributed by atoms with van der Waals surface area (Å²) in [6.45, 7) is 10.2. The van der Waals surface area contributed by atoms with Crippen LogP contribution in [0.4, 0.5) is 46.3 Å². The molecule has 370 valence electrons. The maximum Gasteiger partial charge on any atom is 0.227 e. The number of aromatic nitrogens is 8. The predicted molar refractivity (Wildman–Crippen MR) is 282 cm³/mol. The molecule has 4 aromatic heterocycles. The van der Waals surface area contributed by atoms with Crippen molar-refractivity contribution in [2.24, 2.45) is 17.8 Å². The number of carbonyl (C=O) groups is 2. The van der Waals surface area contributed by atoms with Crippen LogP contribution in [0.2, 0.25) is 0 Å². The van der Waals surface area contributed by atoms with Crippen LogP contribution >= 0.6 is 23.5 Å². The molecule has 4 aliphatic rings. The molecule has 7 aromatic rings. The number of aryl methyl sites for hydroxylation is 1. The van der Waals surface area contributed by atoms with Crippen molar-refractivity contribution >= 4 is 81.6 Å². The first kappa shape index (κ1) is 47.3. The minimum Gasteiger partial charge on any atom is -0.354 e. The van der Waals surface area contributed by atoms with Gasteiger partial charge in [0.25, 0.3) is 0 Å². The molecule has 20 heteroatoms. The van der Waals surface area contributed by atoms with E-state index in [-0.39, 0.29) is 41.7 Å². The van der Waals surface area contributed by atoms with Crippen molar-refractivity contribution in [3.63, 3.8) is 0 Å². The van der Waals surface area contributed by atoms with Gasteiger partial charge in [-0.05, 0) is 123 Å². The number of hydrogen-bond donors (Lipinski definition) is 7. The Bertz CT molecular complexity index is 2960. The number of amides is 2. The zero-order valence-electron chi connectivity index (χ0n) is 40.2. The topological polar surface area (TPSA) is 213 Å². The van der Waals surface area contributed by atoms with Gasteiger partial charge in [-0.2, -0.15) is 10.2 Å². The Morgan fingerprint density at radius 3 is 1.97 bits per heavy atom. The lowest BCUT2D eigenvalue weighted by Crippen LogP contribution is -2.56. The average Bonchev–Trinajstić information content (AvgIpc) is 4.28. The molecule has 4 fully saturated rings. The summed E-state index contributed by atoms with van der Waals surface area (Å²) in [6, 6.07) is 34.5. The van der Waals surface area contributed by atoms with E-state index in [4.69, 9.17) is 19.9 Å². The Morgan fingerprint density at radius 1 is 0.694 bits per heavy atom. The number of benzene rings is 3. The molecule has 7 N–H and O–H groups in total. The van der Waals surface area contributed by atoms with Crippen LogP contribution < -0.4 is 36.4 Å². The first-order valence-electron chi connectivity index (χ1n) is 24.7. The van der Waals surface area contributed by atoms with Crippen LogP contribution in [-0.4, -0.2) is 108 Å². The molecule has 2 saturated carbocycles. The largest absolute Gasteiger partial charge is 0.354 e. The average molecular weight is 1000 g/mol. The van der Waals surface area contributed by atoms with Crippen molar-refractivity contribution in [2.45, 2.75) is 78.3 Å². The molecule has 18 nitrogen and oxygen atoms in total. The van der Waals surface area contributed by atoms with E-state index in [0.29, 0.717) is 27.8 Å².